The maximum atomic E-state index is 14.5. The van der Waals surface area contributed by atoms with Crippen molar-refractivity contribution in [1.29, 1.82) is 0 Å². The fourth-order valence-corrected chi connectivity index (χ4v) is 3.40. The fraction of sp³-hybridized carbons (Fsp3) is 0.609. The van der Waals surface area contributed by atoms with Crippen molar-refractivity contribution in [2.45, 2.75) is 78.1 Å². The summed E-state index contributed by atoms with van der Waals surface area (Å²) in [6.07, 6.45) is 10.5. The lowest BCUT2D eigenvalue weighted by Gasteiger charge is -2.11. The number of aryl methyl sites for hydroxylation is 1. The van der Waals surface area contributed by atoms with Gasteiger partial charge >= 0.3 is 5.97 Å². The number of esters is 1. The van der Waals surface area contributed by atoms with Crippen molar-refractivity contribution in [3.8, 4) is 11.5 Å². The van der Waals surface area contributed by atoms with Crippen LogP contribution < -0.4 is 5.32 Å². The number of carbonyl (C=O) groups is 1. The number of rotatable bonds is 15. The molecule has 0 spiro atoms. The zero-order chi connectivity index (χ0) is 24.2. The van der Waals surface area contributed by atoms with Crippen LogP contribution in [0.5, 0.6) is 0 Å². The number of carbonyl (C=O) groups excluding carboxylic acids is 1. The van der Waals surface area contributed by atoms with Gasteiger partial charge in [0.1, 0.15) is 17.8 Å². The predicted molar refractivity (Wildman–Crippen MR) is 116 cm³/mol. The number of nitrogens with one attached hydrogen (secondary N) is 1. The Morgan fingerprint density at radius 2 is 1.45 bits per heavy atom. The lowest BCUT2D eigenvalue weighted by Crippen LogP contribution is -2.19. The quantitative estimate of drug-likeness (QED) is 0.141. The SMILES string of the molecule is CCCCCCCCCCCc1noc(-c2c(F)c(F)c(NCC(=O)OCC)c(F)c2F)n1. The molecule has 10 heteroatoms. The summed E-state index contributed by atoms with van der Waals surface area (Å²) in [5, 5.41) is 5.68. The van der Waals surface area contributed by atoms with Gasteiger partial charge in [0.2, 0.25) is 0 Å². The van der Waals surface area contributed by atoms with Gasteiger partial charge in [0.05, 0.1) is 6.61 Å². The van der Waals surface area contributed by atoms with E-state index in [4.69, 9.17) is 4.52 Å². The maximum absolute atomic E-state index is 14.5. The van der Waals surface area contributed by atoms with Crippen molar-refractivity contribution >= 4 is 11.7 Å². The summed E-state index contributed by atoms with van der Waals surface area (Å²) < 4.78 is 67.2. The zero-order valence-corrected chi connectivity index (χ0v) is 19.1. The summed E-state index contributed by atoms with van der Waals surface area (Å²) in [5.74, 6) is -8.07. The van der Waals surface area contributed by atoms with Crippen LogP contribution in [0, 0.1) is 23.3 Å². The molecule has 1 aromatic heterocycles. The van der Waals surface area contributed by atoms with Crippen molar-refractivity contribution in [2.75, 3.05) is 18.5 Å². The summed E-state index contributed by atoms with van der Waals surface area (Å²) in [6.45, 7) is 3.11. The molecular weight excluding hydrogens is 442 g/mol. The maximum Gasteiger partial charge on any atom is 0.325 e. The first kappa shape index (κ1) is 26.6. The molecule has 0 saturated carbocycles. The highest BCUT2D eigenvalue weighted by Crippen LogP contribution is 2.34. The molecule has 2 rings (SSSR count). The topological polar surface area (TPSA) is 77.2 Å². The average molecular weight is 474 g/mol. The van der Waals surface area contributed by atoms with Gasteiger partial charge in [-0.1, -0.05) is 63.4 Å². The molecule has 33 heavy (non-hydrogen) atoms. The molecule has 0 aliphatic rings. The van der Waals surface area contributed by atoms with Gasteiger partial charge in [0.25, 0.3) is 5.89 Å². The number of hydrogen-bond acceptors (Lipinski definition) is 6. The van der Waals surface area contributed by atoms with Crippen molar-refractivity contribution in [3.05, 3.63) is 29.1 Å². The monoisotopic (exact) mass is 473 g/mol. The molecule has 184 valence electrons. The van der Waals surface area contributed by atoms with Crippen molar-refractivity contribution in [3.63, 3.8) is 0 Å². The van der Waals surface area contributed by atoms with Gasteiger partial charge in [-0.2, -0.15) is 4.98 Å². The minimum Gasteiger partial charge on any atom is -0.465 e. The highest BCUT2D eigenvalue weighted by Gasteiger charge is 2.29. The first-order valence-corrected chi connectivity index (χ1v) is 11.5. The Bertz CT molecular complexity index is 876. The minimum absolute atomic E-state index is 0.0473. The van der Waals surface area contributed by atoms with E-state index in [0.717, 1.165) is 25.7 Å². The Morgan fingerprint density at radius 3 is 2.03 bits per heavy atom. The molecule has 1 heterocycles. The first-order valence-electron chi connectivity index (χ1n) is 11.5. The van der Waals surface area contributed by atoms with E-state index in [0.29, 0.717) is 6.42 Å². The molecule has 0 saturated heterocycles. The van der Waals surface area contributed by atoms with Crippen LogP contribution in [0.15, 0.2) is 4.52 Å². The van der Waals surface area contributed by atoms with E-state index in [1.807, 2.05) is 5.32 Å². The van der Waals surface area contributed by atoms with Crippen LogP contribution in [0.25, 0.3) is 11.5 Å². The number of aromatic nitrogens is 2. The van der Waals surface area contributed by atoms with Gasteiger partial charge in [0, 0.05) is 6.42 Å². The van der Waals surface area contributed by atoms with Crippen molar-refractivity contribution in [1.82, 2.24) is 10.1 Å². The second-order valence-electron chi connectivity index (χ2n) is 7.76. The molecule has 6 nitrogen and oxygen atoms in total. The summed E-state index contributed by atoms with van der Waals surface area (Å²) in [4.78, 5) is 15.2. The Balaban J connectivity index is 1.96. The molecule has 0 atom stereocenters. The minimum atomic E-state index is -1.70. The van der Waals surface area contributed by atoms with Crippen molar-refractivity contribution in [2.24, 2.45) is 0 Å². The largest absolute Gasteiger partial charge is 0.465 e. The molecule has 0 fully saturated rings. The van der Waals surface area contributed by atoms with Gasteiger partial charge < -0.3 is 14.6 Å². The average Bonchev–Trinajstić information content (AvgIpc) is 3.25. The third-order valence-electron chi connectivity index (χ3n) is 5.16. The van der Waals surface area contributed by atoms with Gasteiger partial charge in [-0.05, 0) is 13.3 Å². The molecule has 0 aliphatic heterocycles. The van der Waals surface area contributed by atoms with Crippen LogP contribution in [-0.2, 0) is 16.0 Å². The molecule has 0 radical (unpaired) electrons. The van der Waals surface area contributed by atoms with Crippen LogP contribution in [0.3, 0.4) is 0 Å². The summed E-state index contributed by atoms with van der Waals surface area (Å²) in [7, 11) is 0. The van der Waals surface area contributed by atoms with E-state index in [1.54, 1.807) is 6.92 Å². The van der Waals surface area contributed by atoms with E-state index in [9.17, 15) is 22.4 Å². The Hall–Kier alpha value is -2.65. The van der Waals surface area contributed by atoms with Crippen LogP contribution >= 0.6 is 0 Å². The van der Waals surface area contributed by atoms with E-state index in [2.05, 4.69) is 21.8 Å². The fourth-order valence-electron chi connectivity index (χ4n) is 3.40. The number of ether oxygens (including phenoxy) is 1. The standard InChI is InChI=1S/C23H31F4N3O3/c1-3-5-6-7-8-9-10-11-12-13-15-29-23(33-30-15)17-18(24)20(26)22(21(27)19(17)25)28-14-16(31)32-4-2/h28H,3-14H2,1-2H3. The summed E-state index contributed by atoms with van der Waals surface area (Å²) >= 11 is 0. The third kappa shape index (κ3) is 7.71. The zero-order valence-electron chi connectivity index (χ0n) is 19.1. The predicted octanol–water partition coefficient (Wildman–Crippen LogP) is 6.34. The lowest BCUT2D eigenvalue weighted by atomic mass is 10.1. The molecule has 0 aliphatic carbocycles. The van der Waals surface area contributed by atoms with E-state index in [1.165, 1.54) is 32.1 Å². The van der Waals surface area contributed by atoms with Gasteiger partial charge in [-0.3, -0.25) is 4.79 Å². The highest BCUT2D eigenvalue weighted by atomic mass is 19.2. The molecule has 0 unspecified atom stereocenters. The van der Waals surface area contributed by atoms with Gasteiger partial charge in [-0.15, -0.1) is 0 Å². The molecule has 2 aromatic rings. The lowest BCUT2D eigenvalue weighted by molar-refractivity contribution is -0.140. The van der Waals surface area contributed by atoms with E-state index >= 15 is 0 Å². The second kappa shape index (κ2) is 13.8. The first-order chi connectivity index (χ1) is 15.9. The smallest absolute Gasteiger partial charge is 0.325 e. The van der Waals surface area contributed by atoms with Crippen LogP contribution in [0.2, 0.25) is 0 Å². The molecular formula is C23H31F4N3O3. The Labute approximate surface area is 191 Å². The Morgan fingerprint density at radius 1 is 0.879 bits per heavy atom. The highest BCUT2D eigenvalue weighted by molar-refractivity contribution is 5.75. The summed E-state index contributed by atoms with van der Waals surface area (Å²) in [6, 6.07) is 0. The van der Waals surface area contributed by atoms with Gasteiger partial charge in [-0.25, -0.2) is 17.6 Å². The van der Waals surface area contributed by atoms with E-state index < -0.39 is 52.9 Å². The second-order valence-corrected chi connectivity index (χ2v) is 7.76. The Kier molecular flexibility index (Phi) is 11.1. The van der Waals surface area contributed by atoms with E-state index in [-0.39, 0.29) is 12.4 Å². The van der Waals surface area contributed by atoms with Crippen LogP contribution in [0.1, 0.15) is 77.5 Å². The molecule has 0 amide bonds. The molecule has 0 bridgehead atoms. The van der Waals surface area contributed by atoms with Crippen LogP contribution in [-0.4, -0.2) is 29.3 Å². The third-order valence-corrected chi connectivity index (χ3v) is 5.16. The number of nitrogens with zero attached hydrogens (tertiary/aromatic N) is 2. The number of hydrogen-bond donors (Lipinski definition) is 1. The summed E-state index contributed by atoms with van der Waals surface area (Å²) in [5.41, 5.74) is -2.20. The number of halogens is 4. The number of benzene rings is 1. The molecule has 1 aromatic carbocycles. The number of anilines is 1. The normalized spacial score (nSPS) is 11.1. The van der Waals surface area contributed by atoms with Crippen LogP contribution in [0.4, 0.5) is 23.2 Å². The van der Waals surface area contributed by atoms with Gasteiger partial charge in [0.15, 0.2) is 29.1 Å². The van der Waals surface area contributed by atoms with Crippen molar-refractivity contribution < 1.29 is 31.6 Å². The molecule has 1 N–H and O–H groups in total. The number of unbranched alkanes of at least 4 members (excludes halogenated alkanes) is 8.